The van der Waals surface area contributed by atoms with E-state index < -0.39 is 6.10 Å². The predicted molar refractivity (Wildman–Crippen MR) is 35.3 cm³/mol. The minimum atomic E-state index is -0.697. The third kappa shape index (κ3) is 1.34. The Morgan fingerprint density at radius 2 is 2.60 bits per heavy atom. The van der Waals surface area contributed by atoms with E-state index in [2.05, 4.69) is 5.16 Å². The molecule has 1 unspecified atom stereocenters. The quantitative estimate of drug-likeness (QED) is 0.608. The fourth-order valence-electron chi connectivity index (χ4n) is 0.663. The molecule has 0 aliphatic heterocycles. The molecule has 1 rings (SSSR count). The molecule has 0 radical (unpaired) electrons. The van der Waals surface area contributed by atoms with Crippen molar-refractivity contribution in [3.63, 3.8) is 0 Å². The van der Waals surface area contributed by atoms with Crippen molar-refractivity contribution >= 4 is 0 Å². The summed E-state index contributed by atoms with van der Waals surface area (Å²) in [7, 11) is 0. The zero-order chi connectivity index (χ0) is 7.56. The molecule has 1 heterocycles. The number of nitrogens with zero attached hydrogens (tertiary/aromatic N) is 1. The number of aromatic nitrogens is 1. The summed E-state index contributed by atoms with van der Waals surface area (Å²) in [4.78, 5) is 0. The summed E-state index contributed by atoms with van der Waals surface area (Å²) in [6, 6.07) is 1.66. The van der Waals surface area contributed by atoms with Crippen LogP contribution in [0.2, 0.25) is 0 Å². The van der Waals surface area contributed by atoms with Gasteiger partial charge in [0.2, 0.25) is 0 Å². The molecule has 3 N–H and O–H groups in total. The molecule has 4 nitrogen and oxygen atoms in total. The molecule has 0 saturated carbocycles. The van der Waals surface area contributed by atoms with Crippen molar-refractivity contribution in [2.75, 3.05) is 6.54 Å². The third-order valence-electron chi connectivity index (χ3n) is 1.21. The predicted octanol–water partition coefficient (Wildman–Crippen LogP) is -0.0249. The van der Waals surface area contributed by atoms with Crippen LogP contribution in [0, 0.1) is 6.92 Å². The maximum absolute atomic E-state index is 9.10. The van der Waals surface area contributed by atoms with Gasteiger partial charge in [0.15, 0.2) is 0 Å². The van der Waals surface area contributed by atoms with Crippen molar-refractivity contribution in [1.82, 2.24) is 5.16 Å². The average molecular weight is 142 g/mol. The SMILES string of the molecule is Cc1cc(C(O)CN)no1. The molecule has 0 fully saturated rings. The summed E-state index contributed by atoms with van der Waals surface area (Å²) >= 11 is 0. The molecule has 0 aliphatic rings. The van der Waals surface area contributed by atoms with E-state index in [1.807, 2.05) is 0 Å². The van der Waals surface area contributed by atoms with Gasteiger partial charge < -0.3 is 15.4 Å². The van der Waals surface area contributed by atoms with E-state index in [4.69, 9.17) is 15.4 Å². The molecular weight excluding hydrogens is 132 g/mol. The summed E-state index contributed by atoms with van der Waals surface area (Å²) in [5.41, 5.74) is 5.68. The van der Waals surface area contributed by atoms with Gasteiger partial charge in [-0.25, -0.2) is 0 Å². The van der Waals surface area contributed by atoms with Crippen molar-refractivity contribution in [1.29, 1.82) is 0 Å². The van der Waals surface area contributed by atoms with Crippen LogP contribution in [0.15, 0.2) is 10.6 Å². The molecule has 0 saturated heterocycles. The van der Waals surface area contributed by atoms with Gasteiger partial charge in [-0.2, -0.15) is 0 Å². The molecule has 0 spiro atoms. The molecule has 0 amide bonds. The summed E-state index contributed by atoms with van der Waals surface area (Å²) < 4.78 is 4.72. The van der Waals surface area contributed by atoms with Crippen LogP contribution in [0.3, 0.4) is 0 Å². The third-order valence-corrected chi connectivity index (χ3v) is 1.21. The second kappa shape index (κ2) is 2.81. The van der Waals surface area contributed by atoms with E-state index in [9.17, 15) is 0 Å². The number of hydrogen-bond acceptors (Lipinski definition) is 4. The molecule has 1 atom stereocenters. The lowest BCUT2D eigenvalue weighted by Crippen LogP contribution is -2.11. The highest BCUT2D eigenvalue weighted by Crippen LogP contribution is 2.09. The highest BCUT2D eigenvalue weighted by Gasteiger charge is 2.08. The highest BCUT2D eigenvalue weighted by molar-refractivity contribution is 5.06. The summed E-state index contributed by atoms with van der Waals surface area (Å²) in [6.07, 6.45) is -0.697. The Bertz CT molecular complexity index is 209. The maximum Gasteiger partial charge on any atom is 0.134 e. The summed E-state index contributed by atoms with van der Waals surface area (Å²) in [5.74, 6) is 0.683. The van der Waals surface area contributed by atoms with Crippen LogP contribution in [0.1, 0.15) is 17.6 Å². The van der Waals surface area contributed by atoms with Crippen molar-refractivity contribution in [2.24, 2.45) is 5.73 Å². The van der Waals surface area contributed by atoms with Gasteiger partial charge in [0.25, 0.3) is 0 Å². The van der Waals surface area contributed by atoms with Crippen molar-refractivity contribution in [3.05, 3.63) is 17.5 Å². The largest absolute Gasteiger partial charge is 0.385 e. The fraction of sp³-hybridized carbons (Fsp3) is 0.500. The van der Waals surface area contributed by atoms with Gasteiger partial charge in [-0.15, -0.1) is 0 Å². The normalized spacial score (nSPS) is 13.5. The average Bonchev–Trinajstić information content (AvgIpc) is 2.34. The highest BCUT2D eigenvalue weighted by atomic mass is 16.5. The Morgan fingerprint density at radius 1 is 1.90 bits per heavy atom. The topological polar surface area (TPSA) is 72.3 Å². The molecule has 0 aliphatic carbocycles. The Balaban J connectivity index is 2.74. The molecule has 1 aromatic heterocycles. The smallest absolute Gasteiger partial charge is 0.134 e. The second-order valence-electron chi connectivity index (χ2n) is 2.11. The minimum absolute atomic E-state index is 0.173. The van der Waals surface area contributed by atoms with Crippen molar-refractivity contribution < 1.29 is 9.63 Å². The Kier molecular flexibility index (Phi) is 2.03. The zero-order valence-corrected chi connectivity index (χ0v) is 5.74. The Morgan fingerprint density at radius 3 is 3.00 bits per heavy atom. The molecule has 4 heteroatoms. The van der Waals surface area contributed by atoms with Crippen LogP contribution < -0.4 is 5.73 Å². The van der Waals surface area contributed by atoms with Gasteiger partial charge in [-0.3, -0.25) is 0 Å². The van der Waals surface area contributed by atoms with Crippen LogP contribution in [-0.4, -0.2) is 16.8 Å². The van der Waals surface area contributed by atoms with Crippen LogP contribution in [0.5, 0.6) is 0 Å². The monoisotopic (exact) mass is 142 g/mol. The van der Waals surface area contributed by atoms with Crippen LogP contribution >= 0.6 is 0 Å². The molecule has 1 aromatic rings. The Labute approximate surface area is 58.6 Å². The molecular formula is C6H10N2O2. The lowest BCUT2D eigenvalue weighted by atomic mass is 10.2. The van der Waals surface area contributed by atoms with E-state index in [0.717, 1.165) is 0 Å². The zero-order valence-electron chi connectivity index (χ0n) is 5.74. The van der Waals surface area contributed by atoms with Gasteiger partial charge in [-0.05, 0) is 6.92 Å². The van der Waals surface area contributed by atoms with Crippen molar-refractivity contribution in [3.8, 4) is 0 Å². The minimum Gasteiger partial charge on any atom is -0.385 e. The first-order valence-electron chi connectivity index (χ1n) is 3.05. The van der Waals surface area contributed by atoms with Gasteiger partial charge in [0.05, 0.1) is 0 Å². The van der Waals surface area contributed by atoms with Gasteiger partial charge in [0.1, 0.15) is 17.6 Å². The van der Waals surface area contributed by atoms with E-state index in [1.165, 1.54) is 0 Å². The first-order valence-corrected chi connectivity index (χ1v) is 3.05. The number of aryl methyl sites for hydroxylation is 1. The maximum atomic E-state index is 9.10. The number of hydrogen-bond donors (Lipinski definition) is 2. The first kappa shape index (κ1) is 7.24. The van der Waals surface area contributed by atoms with Crippen LogP contribution in [0.25, 0.3) is 0 Å². The molecule has 0 aromatic carbocycles. The standard InChI is InChI=1S/C6H10N2O2/c1-4-2-5(8-10-4)6(9)3-7/h2,6,9H,3,7H2,1H3. The van der Waals surface area contributed by atoms with Crippen molar-refractivity contribution in [2.45, 2.75) is 13.0 Å². The lowest BCUT2D eigenvalue weighted by Gasteiger charge is -1.99. The molecule has 10 heavy (non-hydrogen) atoms. The fourth-order valence-corrected chi connectivity index (χ4v) is 0.663. The van der Waals surface area contributed by atoms with Gasteiger partial charge in [0, 0.05) is 12.6 Å². The second-order valence-corrected chi connectivity index (χ2v) is 2.11. The van der Waals surface area contributed by atoms with Gasteiger partial charge >= 0.3 is 0 Å². The molecule has 0 bridgehead atoms. The van der Waals surface area contributed by atoms with E-state index in [0.29, 0.717) is 11.5 Å². The van der Waals surface area contributed by atoms with Crippen LogP contribution in [0.4, 0.5) is 0 Å². The number of aliphatic hydroxyl groups is 1. The summed E-state index contributed by atoms with van der Waals surface area (Å²) in [6.45, 7) is 1.94. The van der Waals surface area contributed by atoms with Crippen LogP contribution in [-0.2, 0) is 0 Å². The van der Waals surface area contributed by atoms with E-state index >= 15 is 0 Å². The van der Waals surface area contributed by atoms with E-state index in [-0.39, 0.29) is 6.54 Å². The number of aliphatic hydroxyl groups excluding tert-OH is 1. The summed E-state index contributed by atoms with van der Waals surface area (Å²) in [5, 5.41) is 12.7. The first-order chi connectivity index (χ1) is 4.74. The molecule has 56 valence electrons. The lowest BCUT2D eigenvalue weighted by molar-refractivity contribution is 0.176. The van der Waals surface area contributed by atoms with E-state index in [1.54, 1.807) is 13.0 Å². The number of nitrogens with two attached hydrogens (primary N) is 1. The Hall–Kier alpha value is -0.870. The van der Waals surface area contributed by atoms with Gasteiger partial charge in [-0.1, -0.05) is 5.16 Å². The number of rotatable bonds is 2.